The lowest BCUT2D eigenvalue weighted by atomic mass is 10.1. The number of benzene rings is 1. The number of hydrogen-bond acceptors (Lipinski definition) is 4. The summed E-state index contributed by atoms with van der Waals surface area (Å²) in [5.41, 5.74) is 4.15. The fourth-order valence-electron chi connectivity index (χ4n) is 2.40. The lowest BCUT2D eigenvalue weighted by Crippen LogP contribution is -2.14. The smallest absolute Gasteiger partial charge is 0.206 e. The maximum absolute atomic E-state index is 5.69. The van der Waals surface area contributed by atoms with Crippen molar-refractivity contribution in [1.29, 1.82) is 0 Å². The van der Waals surface area contributed by atoms with Gasteiger partial charge in [-0.05, 0) is 32.9 Å². The molecule has 0 saturated heterocycles. The van der Waals surface area contributed by atoms with Crippen LogP contribution in [0.15, 0.2) is 68.9 Å². The van der Waals surface area contributed by atoms with Crippen LogP contribution in [0.4, 0.5) is 0 Å². The van der Waals surface area contributed by atoms with Gasteiger partial charge in [-0.25, -0.2) is 4.68 Å². The Morgan fingerprint density at radius 1 is 1.20 bits per heavy atom. The molecule has 0 unspecified atom stereocenters. The minimum absolute atomic E-state index is 0.558. The van der Waals surface area contributed by atoms with E-state index in [0.29, 0.717) is 6.54 Å². The lowest BCUT2D eigenvalue weighted by molar-refractivity contribution is 0.524. The molecule has 5 heteroatoms. The second kappa shape index (κ2) is 7.49. The van der Waals surface area contributed by atoms with Gasteiger partial charge in [0.2, 0.25) is 4.80 Å². The number of thiazole rings is 1. The normalized spacial score (nSPS) is 12.6. The fourth-order valence-corrected chi connectivity index (χ4v) is 3.24. The number of hydrogen-bond donors (Lipinski definition) is 0. The zero-order chi connectivity index (χ0) is 17.8. The Bertz CT molecular complexity index is 971. The zero-order valence-electron chi connectivity index (χ0n) is 14.7. The summed E-state index contributed by atoms with van der Waals surface area (Å²) < 4.78 is 7.57. The Hall–Kier alpha value is -2.66. The molecule has 3 rings (SSSR count). The third-order valence-corrected chi connectivity index (χ3v) is 4.59. The molecule has 4 nitrogen and oxygen atoms in total. The van der Waals surface area contributed by atoms with Crippen LogP contribution in [0.1, 0.15) is 24.0 Å². The maximum Gasteiger partial charge on any atom is 0.206 e. The van der Waals surface area contributed by atoms with Crippen molar-refractivity contribution in [2.24, 2.45) is 10.1 Å². The molecule has 0 fully saturated rings. The standard InChI is InChI=1S/C20H21N3OS/c1-5-12-21-20-23(22-16(4)19-11-8-15(3)24-19)18(13-25-20)17-9-6-14(2)7-10-17/h5-11,13H,1,12H2,2-4H3. The number of furan rings is 1. The van der Waals surface area contributed by atoms with E-state index >= 15 is 0 Å². The molecule has 1 aromatic carbocycles. The van der Waals surface area contributed by atoms with Crippen LogP contribution >= 0.6 is 11.3 Å². The van der Waals surface area contributed by atoms with E-state index in [1.54, 1.807) is 17.4 Å². The predicted octanol–water partition coefficient (Wildman–Crippen LogP) is 4.79. The van der Waals surface area contributed by atoms with Crippen LogP contribution in [0.3, 0.4) is 0 Å². The van der Waals surface area contributed by atoms with Gasteiger partial charge in [0.05, 0.1) is 12.2 Å². The molecule has 0 aliphatic rings. The third-order valence-electron chi connectivity index (χ3n) is 3.74. The zero-order valence-corrected chi connectivity index (χ0v) is 15.5. The number of aryl methyl sites for hydroxylation is 2. The predicted molar refractivity (Wildman–Crippen MR) is 104 cm³/mol. The lowest BCUT2D eigenvalue weighted by Gasteiger charge is -2.05. The molecule has 0 saturated carbocycles. The molecule has 0 N–H and O–H groups in total. The van der Waals surface area contributed by atoms with Gasteiger partial charge in [-0.2, -0.15) is 5.10 Å². The average Bonchev–Trinajstić information content (AvgIpc) is 3.20. The Labute approximate surface area is 151 Å². The van der Waals surface area contributed by atoms with Crippen LogP contribution in [0.2, 0.25) is 0 Å². The van der Waals surface area contributed by atoms with Gasteiger partial charge in [0.1, 0.15) is 17.2 Å². The second-order valence-electron chi connectivity index (χ2n) is 5.81. The molecule has 0 radical (unpaired) electrons. The first-order chi connectivity index (χ1) is 12.1. The molecular weight excluding hydrogens is 330 g/mol. The molecule has 0 aliphatic heterocycles. The highest BCUT2D eigenvalue weighted by Crippen LogP contribution is 2.21. The van der Waals surface area contributed by atoms with Crippen LogP contribution in [0.25, 0.3) is 11.3 Å². The highest BCUT2D eigenvalue weighted by Gasteiger charge is 2.10. The number of rotatable bonds is 5. The first kappa shape index (κ1) is 17.2. The summed E-state index contributed by atoms with van der Waals surface area (Å²) >= 11 is 1.57. The molecular formula is C20H21N3OS. The molecule has 128 valence electrons. The van der Waals surface area contributed by atoms with Crippen LogP contribution in [0.5, 0.6) is 0 Å². The van der Waals surface area contributed by atoms with E-state index in [1.807, 2.05) is 30.7 Å². The minimum Gasteiger partial charge on any atom is -0.460 e. The number of aromatic nitrogens is 1. The van der Waals surface area contributed by atoms with Crippen molar-refractivity contribution in [3.05, 3.63) is 76.3 Å². The van der Waals surface area contributed by atoms with Gasteiger partial charge in [0.15, 0.2) is 0 Å². The van der Waals surface area contributed by atoms with Crippen molar-refractivity contribution >= 4 is 17.0 Å². The van der Waals surface area contributed by atoms with E-state index in [4.69, 9.17) is 9.52 Å². The highest BCUT2D eigenvalue weighted by molar-refractivity contribution is 7.07. The summed E-state index contributed by atoms with van der Waals surface area (Å²) in [7, 11) is 0. The summed E-state index contributed by atoms with van der Waals surface area (Å²) in [5, 5.41) is 6.86. The largest absolute Gasteiger partial charge is 0.460 e. The molecule has 0 bridgehead atoms. The van der Waals surface area contributed by atoms with Crippen molar-refractivity contribution in [3.8, 4) is 11.3 Å². The van der Waals surface area contributed by atoms with Gasteiger partial charge < -0.3 is 4.42 Å². The van der Waals surface area contributed by atoms with Crippen molar-refractivity contribution in [2.45, 2.75) is 20.8 Å². The Balaban J connectivity index is 2.13. The van der Waals surface area contributed by atoms with Crippen molar-refractivity contribution in [1.82, 2.24) is 4.68 Å². The summed E-state index contributed by atoms with van der Waals surface area (Å²) in [4.78, 5) is 5.40. The van der Waals surface area contributed by atoms with Gasteiger partial charge in [-0.1, -0.05) is 35.9 Å². The van der Waals surface area contributed by atoms with Crippen LogP contribution in [-0.2, 0) is 0 Å². The minimum atomic E-state index is 0.558. The monoisotopic (exact) mass is 351 g/mol. The fraction of sp³-hybridized carbons (Fsp3) is 0.200. The van der Waals surface area contributed by atoms with Gasteiger partial charge in [-0.15, -0.1) is 17.9 Å². The molecule has 0 atom stereocenters. The van der Waals surface area contributed by atoms with Crippen molar-refractivity contribution < 1.29 is 4.42 Å². The summed E-state index contributed by atoms with van der Waals surface area (Å²) in [5.74, 6) is 1.64. The molecule has 25 heavy (non-hydrogen) atoms. The van der Waals surface area contributed by atoms with Gasteiger partial charge in [0.25, 0.3) is 0 Å². The Morgan fingerprint density at radius 3 is 2.60 bits per heavy atom. The first-order valence-electron chi connectivity index (χ1n) is 8.10. The summed E-state index contributed by atoms with van der Waals surface area (Å²) in [6.07, 6.45) is 1.78. The second-order valence-corrected chi connectivity index (χ2v) is 6.64. The molecule has 3 aromatic rings. The third kappa shape index (κ3) is 3.88. The van der Waals surface area contributed by atoms with E-state index < -0.39 is 0 Å². The Morgan fingerprint density at radius 2 is 1.96 bits per heavy atom. The van der Waals surface area contributed by atoms with Crippen molar-refractivity contribution in [3.63, 3.8) is 0 Å². The van der Waals surface area contributed by atoms with Crippen LogP contribution in [0, 0.1) is 13.8 Å². The molecule has 2 heterocycles. The van der Waals surface area contributed by atoms with E-state index in [-0.39, 0.29) is 0 Å². The number of nitrogens with zero attached hydrogens (tertiary/aromatic N) is 3. The summed E-state index contributed by atoms with van der Waals surface area (Å²) in [6.45, 7) is 10.3. The van der Waals surface area contributed by atoms with E-state index in [9.17, 15) is 0 Å². The van der Waals surface area contributed by atoms with Crippen molar-refractivity contribution in [2.75, 3.05) is 6.54 Å². The SMILES string of the molecule is C=CCN=c1scc(-c2ccc(C)cc2)n1N=C(C)c1ccc(C)o1. The van der Waals surface area contributed by atoms with E-state index in [2.05, 4.69) is 48.1 Å². The van der Waals surface area contributed by atoms with E-state index in [1.165, 1.54) is 5.56 Å². The topological polar surface area (TPSA) is 42.8 Å². The van der Waals surface area contributed by atoms with Gasteiger partial charge in [-0.3, -0.25) is 4.99 Å². The molecule has 0 aliphatic carbocycles. The van der Waals surface area contributed by atoms with Crippen LogP contribution in [-0.4, -0.2) is 16.9 Å². The summed E-state index contributed by atoms with van der Waals surface area (Å²) in [6, 6.07) is 12.3. The van der Waals surface area contributed by atoms with E-state index in [0.717, 1.165) is 33.3 Å². The van der Waals surface area contributed by atoms with Gasteiger partial charge >= 0.3 is 0 Å². The quantitative estimate of drug-likeness (QED) is 0.481. The van der Waals surface area contributed by atoms with Crippen LogP contribution < -0.4 is 4.80 Å². The molecule has 0 spiro atoms. The highest BCUT2D eigenvalue weighted by atomic mass is 32.1. The first-order valence-corrected chi connectivity index (χ1v) is 8.98. The Kier molecular flexibility index (Phi) is 5.14. The molecule has 2 aromatic heterocycles. The van der Waals surface area contributed by atoms with Gasteiger partial charge in [0, 0.05) is 10.9 Å². The maximum atomic E-state index is 5.69. The average molecular weight is 351 g/mol. The molecule has 0 amide bonds.